The van der Waals surface area contributed by atoms with Gasteiger partial charge >= 0.3 is 0 Å². The summed E-state index contributed by atoms with van der Waals surface area (Å²) in [6.07, 6.45) is 2.55. The number of nitrogens with one attached hydrogen (secondary N) is 1. The molecule has 19 heavy (non-hydrogen) atoms. The van der Waals surface area contributed by atoms with Crippen molar-refractivity contribution in [3.8, 4) is 11.4 Å². The van der Waals surface area contributed by atoms with Gasteiger partial charge in [-0.15, -0.1) is 0 Å². The van der Waals surface area contributed by atoms with Crippen LogP contribution in [0.3, 0.4) is 0 Å². The van der Waals surface area contributed by atoms with Gasteiger partial charge in [-0.25, -0.2) is 13.8 Å². The van der Waals surface area contributed by atoms with Crippen molar-refractivity contribution in [2.75, 3.05) is 0 Å². The number of H-pyrrole nitrogens is 1. The van der Waals surface area contributed by atoms with Crippen molar-refractivity contribution in [2.45, 2.75) is 13.3 Å². The Morgan fingerprint density at radius 1 is 1.32 bits per heavy atom. The summed E-state index contributed by atoms with van der Waals surface area (Å²) in [4.78, 5) is 7.13. The first-order valence-corrected chi connectivity index (χ1v) is 5.96. The Morgan fingerprint density at radius 2 is 2.11 bits per heavy atom. The highest BCUT2D eigenvalue weighted by molar-refractivity contribution is 5.80. The van der Waals surface area contributed by atoms with Gasteiger partial charge in [0.2, 0.25) is 0 Å². The van der Waals surface area contributed by atoms with Gasteiger partial charge in [0.25, 0.3) is 0 Å². The minimum atomic E-state index is -0.667. The first-order valence-electron chi connectivity index (χ1n) is 5.96. The molecule has 2 aromatic heterocycles. The molecule has 0 bridgehead atoms. The Bertz CT molecular complexity index is 757. The largest absolute Gasteiger partial charge is 0.338 e. The maximum absolute atomic E-state index is 13.6. The summed E-state index contributed by atoms with van der Waals surface area (Å²) in [5.74, 6) is -0.786. The summed E-state index contributed by atoms with van der Waals surface area (Å²) in [5, 5.41) is 4.30. The van der Waals surface area contributed by atoms with Crippen molar-refractivity contribution in [3.05, 3.63) is 35.7 Å². The molecule has 0 saturated heterocycles. The molecule has 0 fully saturated rings. The maximum atomic E-state index is 13.6. The molecule has 0 aliphatic carbocycles. The van der Waals surface area contributed by atoms with E-state index < -0.39 is 11.6 Å². The molecule has 98 valence electrons. The van der Waals surface area contributed by atoms with Crippen LogP contribution < -0.4 is 0 Å². The number of rotatable bonds is 2. The number of fused-ring (bicyclic) bond motifs is 1. The molecule has 0 saturated carbocycles. The van der Waals surface area contributed by atoms with Gasteiger partial charge in [0.15, 0.2) is 5.82 Å². The monoisotopic (exact) mass is 262 g/mol. The van der Waals surface area contributed by atoms with Gasteiger partial charge in [0.1, 0.15) is 17.2 Å². The van der Waals surface area contributed by atoms with Gasteiger partial charge in [0, 0.05) is 19.3 Å². The van der Waals surface area contributed by atoms with Crippen molar-refractivity contribution in [1.82, 2.24) is 19.7 Å². The molecule has 0 aliphatic rings. The van der Waals surface area contributed by atoms with Crippen LogP contribution in [0.25, 0.3) is 22.4 Å². The molecule has 6 heteroatoms. The van der Waals surface area contributed by atoms with Gasteiger partial charge in [0.05, 0.1) is 16.8 Å². The lowest BCUT2D eigenvalue weighted by Crippen LogP contribution is -1.89. The third-order valence-corrected chi connectivity index (χ3v) is 3.00. The number of nitrogens with zero attached hydrogens (tertiary/aromatic N) is 3. The first kappa shape index (κ1) is 11.8. The van der Waals surface area contributed by atoms with Crippen LogP contribution in [0.15, 0.2) is 18.3 Å². The lowest BCUT2D eigenvalue weighted by atomic mass is 10.2. The SMILES string of the molecule is CCc1nn(C)cc1-c1nc2c(F)cc(F)cc2[nH]1. The Labute approximate surface area is 108 Å². The number of imidazole rings is 1. The van der Waals surface area contributed by atoms with Crippen molar-refractivity contribution < 1.29 is 8.78 Å². The van der Waals surface area contributed by atoms with Crippen molar-refractivity contribution in [3.63, 3.8) is 0 Å². The summed E-state index contributed by atoms with van der Waals surface area (Å²) >= 11 is 0. The van der Waals surface area contributed by atoms with Gasteiger partial charge in [-0.2, -0.15) is 5.10 Å². The van der Waals surface area contributed by atoms with Crippen LogP contribution >= 0.6 is 0 Å². The summed E-state index contributed by atoms with van der Waals surface area (Å²) in [6.45, 7) is 1.98. The predicted octanol–water partition coefficient (Wildman–Crippen LogP) is 2.80. The molecule has 0 amide bonds. The number of benzene rings is 1. The van der Waals surface area contributed by atoms with Gasteiger partial charge < -0.3 is 4.98 Å². The molecular formula is C13H12F2N4. The zero-order chi connectivity index (χ0) is 13.6. The topological polar surface area (TPSA) is 46.5 Å². The second kappa shape index (κ2) is 4.15. The Balaban J connectivity index is 2.23. The highest BCUT2D eigenvalue weighted by Crippen LogP contribution is 2.25. The number of aromatic amines is 1. The van der Waals surface area contributed by atoms with Crippen LogP contribution in [0.1, 0.15) is 12.6 Å². The van der Waals surface area contributed by atoms with Crippen LogP contribution in [0.4, 0.5) is 8.78 Å². The van der Waals surface area contributed by atoms with Gasteiger partial charge in [-0.1, -0.05) is 6.92 Å². The van der Waals surface area contributed by atoms with E-state index in [-0.39, 0.29) is 5.52 Å². The Hall–Kier alpha value is -2.24. The summed E-state index contributed by atoms with van der Waals surface area (Å²) < 4.78 is 28.5. The van der Waals surface area contributed by atoms with Crippen LogP contribution in [-0.4, -0.2) is 19.7 Å². The lowest BCUT2D eigenvalue weighted by molar-refractivity contribution is 0.591. The van der Waals surface area contributed by atoms with E-state index in [1.807, 2.05) is 20.2 Å². The lowest BCUT2D eigenvalue weighted by Gasteiger charge is -1.93. The number of halogens is 2. The van der Waals surface area contributed by atoms with E-state index in [4.69, 9.17) is 0 Å². The molecule has 0 spiro atoms. The van der Waals surface area contributed by atoms with E-state index in [0.29, 0.717) is 11.3 Å². The minimum absolute atomic E-state index is 0.141. The average Bonchev–Trinajstić information content (AvgIpc) is 2.91. The summed E-state index contributed by atoms with van der Waals surface area (Å²) in [7, 11) is 1.81. The van der Waals surface area contributed by atoms with E-state index >= 15 is 0 Å². The quantitative estimate of drug-likeness (QED) is 0.772. The summed E-state index contributed by atoms with van der Waals surface area (Å²) in [5.41, 5.74) is 2.16. The molecule has 0 atom stereocenters. The third kappa shape index (κ3) is 1.89. The van der Waals surface area contributed by atoms with E-state index in [1.54, 1.807) is 4.68 Å². The van der Waals surface area contributed by atoms with Gasteiger partial charge in [-0.05, 0) is 12.5 Å². The van der Waals surface area contributed by atoms with Crippen LogP contribution in [0.5, 0.6) is 0 Å². The molecule has 1 aromatic carbocycles. The zero-order valence-electron chi connectivity index (χ0n) is 10.5. The Kier molecular flexibility index (Phi) is 2.58. The fraction of sp³-hybridized carbons (Fsp3) is 0.231. The highest BCUT2D eigenvalue weighted by atomic mass is 19.1. The predicted molar refractivity (Wildman–Crippen MR) is 67.6 cm³/mol. The number of hydrogen-bond acceptors (Lipinski definition) is 2. The van der Waals surface area contributed by atoms with E-state index in [1.165, 1.54) is 6.07 Å². The molecule has 0 unspecified atom stereocenters. The molecule has 0 aliphatic heterocycles. The van der Waals surface area contributed by atoms with Gasteiger partial charge in [-0.3, -0.25) is 4.68 Å². The standard InChI is InChI=1S/C13H12F2N4/c1-3-10-8(6-19(2)18-10)13-16-11-5-7(14)4-9(15)12(11)17-13/h4-6H,3H2,1-2H3,(H,16,17). The normalized spacial score (nSPS) is 11.4. The molecular weight excluding hydrogens is 250 g/mol. The van der Waals surface area contributed by atoms with Crippen molar-refractivity contribution in [2.24, 2.45) is 7.05 Å². The number of aryl methyl sites for hydroxylation is 2. The second-order valence-corrected chi connectivity index (χ2v) is 4.39. The van der Waals surface area contributed by atoms with Crippen LogP contribution in [0, 0.1) is 11.6 Å². The smallest absolute Gasteiger partial charge is 0.153 e. The molecule has 0 radical (unpaired) electrons. The van der Waals surface area contributed by atoms with Crippen LogP contribution in [-0.2, 0) is 13.5 Å². The van der Waals surface area contributed by atoms with Crippen molar-refractivity contribution >= 4 is 11.0 Å². The fourth-order valence-corrected chi connectivity index (χ4v) is 2.16. The molecule has 2 heterocycles. The number of hydrogen-bond donors (Lipinski definition) is 1. The average molecular weight is 262 g/mol. The van der Waals surface area contributed by atoms with Crippen molar-refractivity contribution in [1.29, 1.82) is 0 Å². The first-order chi connectivity index (χ1) is 9.08. The third-order valence-electron chi connectivity index (χ3n) is 3.00. The Morgan fingerprint density at radius 3 is 2.84 bits per heavy atom. The summed E-state index contributed by atoms with van der Waals surface area (Å²) in [6, 6.07) is 2.06. The molecule has 3 aromatic rings. The fourth-order valence-electron chi connectivity index (χ4n) is 2.16. The molecule has 1 N–H and O–H groups in total. The minimum Gasteiger partial charge on any atom is -0.338 e. The number of aromatic nitrogens is 4. The highest BCUT2D eigenvalue weighted by Gasteiger charge is 2.15. The molecule has 3 rings (SSSR count). The maximum Gasteiger partial charge on any atom is 0.153 e. The molecule has 4 nitrogen and oxygen atoms in total. The second-order valence-electron chi connectivity index (χ2n) is 4.39. The van der Waals surface area contributed by atoms with Crippen LogP contribution in [0.2, 0.25) is 0 Å². The zero-order valence-corrected chi connectivity index (χ0v) is 10.5. The van der Waals surface area contributed by atoms with E-state index in [0.717, 1.165) is 23.7 Å². The van der Waals surface area contributed by atoms with E-state index in [2.05, 4.69) is 15.1 Å². The van der Waals surface area contributed by atoms with E-state index in [9.17, 15) is 8.78 Å².